The fourth-order valence-corrected chi connectivity index (χ4v) is 4.09. The maximum absolute atomic E-state index is 4.95. The summed E-state index contributed by atoms with van der Waals surface area (Å²) in [6.07, 6.45) is 6.48. The Bertz CT molecular complexity index is 1180. The Balaban J connectivity index is 1.39. The van der Waals surface area contributed by atoms with E-state index in [9.17, 15) is 0 Å². The maximum atomic E-state index is 4.95. The number of allylic oxidation sites excluding steroid dienone is 3. The van der Waals surface area contributed by atoms with Gasteiger partial charge in [0.25, 0.3) is 0 Å². The lowest BCUT2D eigenvalue weighted by Crippen LogP contribution is -2.33. The van der Waals surface area contributed by atoms with E-state index < -0.39 is 0 Å². The number of benzene rings is 3. The molecule has 0 spiro atoms. The molecular formula is C28H25N3. The number of amidine groups is 2. The lowest BCUT2D eigenvalue weighted by atomic mass is 9.92. The first-order valence-corrected chi connectivity index (χ1v) is 10.7. The van der Waals surface area contributed by atoms with Crippen molar-refractivity contribution in [3.63, 3.8) is 0 Å². The maximum Gasteiger partial charge on any atom is 0.158 e. The zero-order valence-electron chi connectivity index (χ0n) is 17.7. The predicted molar refractivity (Wildman–Crippen MR) is 130 cm³/mol. The Hall–Kier alpha value is -3.72. The van der Waals surface area contributed by atoms with Gasteiger partial charge in [-0.2, -0.15) is 0 Å². The third kappa shape index (κ3) is 4.13. The summed E-state index contributed by atoms with van der Waals surface area (Å²) in [5, 5.41) is 0. The molecule has 0 atom stereocenters. The summed E-state index contributed by atoms with van der Waals surface area (Å²) in [7, 11) is 2.06. The average molecular weight is 404 g/mol. The van der Waals surface area contributed by atoms with Crippen LogP contribution in [0.4, 0.5) is 0 Å². The van der Waals surface area contributed by atoms with E-state index >= 15 is 0 Å². The fourth-order valence-electron chi connectivity index (χ4n) is 4.09. The highest BCUT2D eigenvalue weighted by Crippen LogP contribution is 2.28. The second kappa shape index (κ2) is 8.57. The molecule has 3 aromatic carbocycles. The molecule has 1 heterocycles. The van der Waals surface area contributed by atoms with E-state index in [2.05, 4.69) is 103 Å². The van der Waals surface area contributed by atoms with Crippen LogP contribution in [0.5, 0.6) is 0 Å². The molecule has 31 heavy (non-hydrogen) atoms. The predicted octanol–water partition coefficient (Wildman–Crippen LogP) is 6.21. The molecule has 0 saturated carbocycles. The van der Waals surface area contributed by atoms with Crippen LogP contribution in [0.1, 0.15) is 24.0 Å². The zero-order valence-corrected chi connectivity index (χ0v) is 17.7. The number of hydrogen-bond acceptors (Lipinski definition) is 3. The molecule has 0 bridgehead atoms. The van der Waals surface area contributed by atoms with Gasteiger partial charge in [0, 0.05) is 12.6 Å². The molecule has 0 aromatic heterocycles. The van der Waals surface area contributed by atoms with E-state index in [1.807, 2.05) is 6.07 Å². The Kier molecular flexibility index (Phi) is 5.32. The lowest BCUT2D eigenvalue weighted by molar-refractivity contribution is 0.514. The summed E-state index contributed by atoms with van der Waals surface area (Å²) >= 11 is 0. The van der Waals surface area contributed by atoms with Crippen LogP contribution in [0, 0.1) is 0 Å². The lowest BCUT2D eigenvalue weighted by Gasteiger charge is -2.27. The van der Waals surface area contributed by atoms with Crippen molar-refractivity contribution >= 4 is 17.2 Å². The van der Waals surface area contributed by atoms with Gasteiger partial charge in [-0.15, -0.1) is 0 Å². The molecule has 0 fully saturated rings. The minimum Gasteiger partial charge on any atom is -0.340 e. The highest BCUT2D eigenvalue weighted by molar-refractivity contribution is 6.12. The summed E-state index contributed by atoms with van der Waals surface area (Å²) in [6.45, 7) is 0.626. The molecule has 3 heteroatoms. The molecule has 0 radical (unpaired) electrons. The van der Waals surface area contributed by atoms with E-state index in [0.29, 0.717) is 6.67 Å². The van der Waals surface area contributed by atoms with Crippen molar-refractivity contribution < 1.29 is 0 Å². The van der Waals surface area contributed by atoms with Crippen molar-refractivity contribution in [3.8, 4) is 11.1 Å². The number of nitrogens with zero attached hydrogens (tertiary/aromatic N) is 3. The van der Waals surface area contributed by atoms with Crippen LogP contribution in [0.2, 0.25) is 0 Å². The van der Waals surface area contributed by atoms with E-state index in [1.165, 1.54) is 27.8 Å². The van der Waals surface area contributed by atoms with Crippen LogP contribution >= 0.6 is 0 Å². The molecule has 5 rings (SSSR count). The van der Waals surface area contributed by atoms with Crippen LogP contribution in [-0.2, 0) is 0 Å². The van der Waals surface area contributed by atoms with Crippen LogP contribution in [-0.4, -0.2) is 30.3 Å². The Labute approximate surface area is 183 Å². The van der Waals surface area contributed by atoms with Gasteiger partial charge in [0.15, 0.2) is 5.84 Å². The van der Waals surface area contributed by atoms with E-state index in [0.717, 1.165) is 30.1 Å². The molecule has 152 valence electrons. The van der Waals surface area contributed by atoms with Crippen LogP contribution in [0.25, 0.3) is 16.7 Å². The molecule has 0 saturated heterocycles. The summed E-state index contributed by atoms with van der Waals surface area (Å²) < 4.78 is 0. The van der Waals surface area contributed by atoms with Gasteiger partial charge in [0.2, 0.25) is 0 Å². The first-order chi connectivity index (χ1) is 15.3. The van der Waals surface area contributed by atoms with Gasteiger partial charge < -0.3 is 4.90 Å². The zero-order chi connectivity index (χ0) is 21.0. The SMILES string of the molecule is CN1CN=C(c2ccc(-c3ccccc3)cc2)N=C1C1=CC=C(c2ccccc2)CC1. The standard InChI is InChI=1S/C28H25N3/c1-31-20-29-27(25-16-12-23(13-17-25)21-8-4-2-5-9-21)30-28(31)26-18-14-24(15-19-26)22-10-6-3-7-11-22/h2-14,16-18H,15,19-20H2,1H3. The number of hydrogen-bond donors (Lipinski definition) is 0. The van der Waals surface area contributed by atoms with Crippen LogP contribution in [0.3, 0.4) is 0 Å². The van der Waals surface area contributed by atoms with E-state index in [-0.39, 0.29) is 0 Å². The molecule has 0 unspecified atom stereocenters. The molecule has 1 aliphatic carbocycles. The first kappa shape index (κ1) is 19.3. The fraction of sp³-hybridized carbons (Fsp3) is 0.143. The van der Waals surface area contributed by atoms with Crippen molar-refractivity contribution in [3.05, 3.63) is 114 Å². The van der Waals surface area contributed by atoms with Gasteiger partial charge in [-0.05, 0) is 40.7 Å². The number of rotatable bonds is 4. The van der Waals surface area contributed by atoms with Gasteiger partial charge in [-0.1, -0.05) is 97.1 Å². The smallest absolute Gasteiger partial charge is 0.158 e. The molecule has 0 N–H and O–H groups in total. The van der Waals surface area contributed by atoms with Crippen LogP contribution < -0.4 is 0 Å². The summed E-state index contributed by atoms with van der Waals surface area (Å²) in [5.74, 6) is 1.84. The van der Waals surface area contributed by atoms with Crippen molar-refractivity contribution in [2.24, 2.45) is 9.98 Å². The quantitative estimate of drug-likeness (QED) is 0.509. The number of likely N-dealkylation sites (N-methyl/N-ethyl adjacent to an activating group) is 1. The molecule has 2 aliphatic rings. The van der Waals surface area contributed by atoms with E-state index in [1.54, 1.807) is 0 Å². The van der Waals surface area contributed by atoms with Crippen LogP contribution in [0.15, 0.2) is 113 Å². The summed E-state index contributed by atoms with van der Waals surface area (Å²) in [6, 6.07) is 29.6. The molecule has 1 aliphatic heterocycles. The Morgan fingerprint density at radius 1 is 0.613 bits per heavy atom. The Morgan fingerprint density at radius 3 is 1.81 bits per heavy atom. The van der Waals surface area contributed by atoms with Crippen molar-refractivity contribution in [2.75, 3.05) is 13.7 Å². The summed E-state index contributed by atoms with van der Waals surface area (Å²) in [5.41, 5.74) is 7.44. The normalized spacial score (nSPS) is 16.2. The second-order valence-corrected chi connectivity index (χ2v) is 7.95. The largest absolute Gasteiger partial charge is 0.340 e. The molecular weight excluding hydrogens is 378 g/mol. The van der Waals surface area contributed by atoms with Gasteiger partial charge in [-0.25, -0.2) is 9.98 Å². The number of aliphatic imine (C=N–C) groups is 2. The van der Waals surface area contributed by atoms with Crippen molar-refractivity contribution in [1.82, 2.24) is 4.90 Å². The minimum atomic E-state index is 0.626. The topological polar surface area (TPSA) is 28.0 Å². The van der Waals surface area contributed by atoms with Crippen molar-refractivity contribution in [2.45, 2.75) is 12.8 Å². The van der Waals surface area contributed by atoms with Gasteiger partial charge in [0.1, 0.15) is 12.5 Å². The third-order valence-corrected chi connectivity index (χ3v) is 5.84. The third-order valence-electron chi connectivity index (χ3n) is 5.84. The van der Waals surface area contributed by atoms with Gasteiger partial charge >= 0.3 is 0 Å². The second-order valence-electron chi connectivity index (χ2n) is 7.95. The molecule has 3 nitrogen and oxygen atoms in total. The highest BCUT2D eigenvalue weighted by Gasteiger charge is 2.20. The summed E-state index contributed by atoms with van der Waals surface area (Å²) in [4.78, 5) is 11.8. The van der Waals surface area contributed by atoms with E-state index in [4.69, 9.17) is 9.98 Å². The molecule has 3 aromatic rings. The van der Waals surface area contributed by atoms with Crippen molar-refractivity contribution in [1.29, 1.82) is 0 Å². The van der Waals surface area contributed by atoms with Gasteiger partial charge in [-0.3, -0.25) is 0 Å². The minimum absolute atomic E-state index is 0.626. The monoisotopic (exact) mass is 403 g/mol. The Morgan fingerprint density at radius 2 is 1.16 bits per heavy atom. The average Bonchev–Trinajstić information content (AvgIpc) is 2.86. The van der Waals surface area contributed by atoms with Gasteiger partial charge in [0.05, 0.1) is 0 Å². The first-order valence-electron chi connectivity index (χ1n) is 10.7. The highest BCUT2D eigenvalue weighted by atomic mass is 15.3. The molecule has 0 amide bonds.